The molecule has 8 nitrogen and oxygen atoms in total. The minimum atomic E-state index is -0.591. The van der Waals surface area contributed by atoms with Gasteiger partial charge in [-0.05, 0) is 54.2 Å². The zero-order valence-electron chi connectivity index (χ0n) is 21.2. The molecule has 2 aromatic rings. The zero-order valence-corrected chi connectivity index (χ0v) is 21.2. The largest absolute Gasteiger partial charge is 0.346 e. The zero-order chi connectivity index (χ0) is 26.0. The Bertz CT molecular complexity index is 1020. The minimum Gasteiger partial charge on any atom is -0.346 e. The fraction of sp³-hybridized carbons (Fsp3) is 0.407. The van der Waals surface area contributed by atoms with Crippen LogP contribution in [0.3, 0.4) is 0 Å². The average Bonchev–Trinajstić information content (AvgIpc) is 2.81. The molecule has 0 bridgehead atoms. The third-order valence-electron chi connectivity index (χ3n) is 5.38. The summed E-state index contributed by atoms with van der Waals surface area (Å²) in [5.74, 6) is -0.914. The van der Waals surface area contributed by atoms with E-state index in [1.165, 1.54) is 6.92 Å². The summed E-state index contributed by atoms with van der Waals surface area (Å²) >= 11 is 0. The van der Waals surface area contributed by atoms with Crippen molar-refractivity contribution in [2.45, 2.75) is 59.9 Å². The number of rotatable bonds is 11. The summed E-state index contributed by atoms with van der Waals surface area (Å²) in [6.45, 7) is 9.82. The molecule has 0 aromatic heterocycles. The lowest BCUT2D eigenvalue weighted by Gasteiger charge is -2.29. The van der Waals surface area contributed by atoms with Gasteiger partial charge in [0.1, 0.15) is 0 Å². The lowest BCUT2D eigenvalue weighted by Crippen LogP contribution is -2.48. The van der Waals surface area contributed by atoms with E-state index in [9.17, 15) is 19.2 Å². The van der Waals surface area contributed by atoms with Crippen molar-refractivity contribution in [2.75, 3.05) is 11.9 Å². The second-order valence-electron chi connectivity index (χ2n) is 9.56. The summed E-state index contributed by atoms with van der Waals surface area (Å²) in [4.78, 5) is 48.4. The van der Waals surface area contributed by atoms with Crippen LogP contribution >= 0.6 is 0 Å². The Hall–Kier alpha value is -3.52. The maximum absolute atomic E-state index is 12.3. The Labute approximate surface area is 207 Å². The first-order valence-corrected chi connectivity index (χ1v) is 11.8. The number of carbonyl (C=O) groups is 4. The molecule has 35 heavy (non-hydrogen) atoms. The van der Waals surface area contributed by atoms with E-state index in [4.69, 9.17) is 0 Å². The lowest BCUT2D eigenvalue weighted by molar-refractivity contribution is -0.130. The Morgan fingerprint density at radius 3 is 1.89 bits per heavy atom. The summed E-state index contributed by atoms with van der Waals surface area (Å²) < 4.78 is 0. The average molecular weight is 481 g/mol. The predicted molar refractivity (Wildman–Crippen MR) is 138 cm³/mol. The van der Waals surface area contributed by atoms with E-state index in [1.54, 1.807) is 24.3 Å². The van der Waals surface area contributed by atoms with E-state index in [-0.39, 0.29) is 36.3 Å². The van der Waals surface area contributed by atoms with Crippen molar-refractivity contribution in [3.8, 4) is 11.1 Å². The highest BCUT2D eigenvalue weighted by Crippen LogP contribution is 2.22. The molecule has 2 rings (SSSR count). The SMILES string of the molecule is CCCNNC(=O)c1ccc(-c2ccc(NC(=O)CCC(=O)NC(C(C)=O)C(C)(C)C)cc2)cc1. The van der Waals surface area contributed by atoms with Gasteiger partial charge in [0.25, 0.3) is 5.91 Å². The summed E-state index contributed by atoms with van der Waals surface area (Å²) in [5, 5.41) is 5.51. The molecular formula is C27H36N4O4. The molecule has 0 aliphatic heterocycles. The third kappa shape index (κ3) is 8.98. The van der Waals surface area contributed by atoms with Crippen molar-refractivity contribution < 1.29 is 19.2 Å². The van der Waals surface area contributed by atoms with Gasteiger partial charge < -0.3 is 10.6 Å². The van der Waals surface area contributed by atoms with Crippen molar-refractivity contribution in [2.24, 2.45) is 5.41 Å². The van der Waals surface area contributed by atoms with Crippen LogP contribution in [0.25, 0.3) is 11.1 Å². The number of nitrogens with one attached hydrogen (secondary N) is 4. The molecule has 0 heterocycles. The van der Waals surface area contributed by atoms with Crippen LogP contribution in [-0.2, 0) is 14.4 Å². The third-order valence-corrected chi connectivity index (χ3v) is 5.38. The molecule has 0 saturated carbocycles. The van der Waals surface area contributed by atoms with Gasteiger partial charge in [-0.2, -0.15) is 0 Å². The van der Waals surface area contributed by atoms with Gasteiger partial charge in [-0.25, -0.2) is 5.43 Å². The molecule has 0 aliphatic rings. The summed E-state index contributed by atoms with van der Waals surface area (Å²) in [5.41, 5.74) is 8.18. The molecule has 3 amide bonds. The number of hydrogen-bond acceptors (Lipinski definition) is 5. The molecule has 0 saturated heterocycles. The van der Waals surface area contributed by atoms with Gasteiger partial charge >= 0.3 is 0 Å². The number of ketones is 1. The van der Waals surface area contributed by atoms with Crippen molar-refractivity contribution in [3.63, 3.8) is 0 Å². The van der Waals surface area contributed by atoms with E-state index >= 15 is 0 Å². The molecule has 1 atom stereocenters. The molecule has 1 unspecified atom stereocenters. The second kappa shape index (κ2) is 12.8. The predicted octanol–water partition coefficient (Wildman–Crippen LogP) is 3.84. The van der Waals surface area contributed by atoms with Gasteiger partial charge in [-0.1, -0.05) is 52.0 Å². The first-order chi connectivity index (χ1) is 16.5. The molecule has 188 valence electrons. The lowest BCUT2D eigenvalue weighted by atomic mass is 9.84. The Morgan fingerprint density at radius 2 is 1.37 bits per heavy atom. The Kier molecular flexibility index (Phi) is 10.1. The van der Waals surface area contributed by atoms with Gasteiger partial charge in [0.05, 0.1) is 6.04 Å². The van der Waals surface area contributed by atoms with Crippen LogP contribution in [0.1, 0.15) is 64.2 Å². The van der Waals surface area contributed by atoms with Crippen LogP contribution in [0.2, 0.25) is 0 Å². The monoisotopic (exact) mass is 480 g/mol. The number of Topliss-reactive ketones (excluding diaryl/α,β-unsaturated/α-hetero) is 1. The molecule has 0 radical (unpaired) electrons. The standard InChI is InChI=1S/C27H36N4O4/c1-6-17-28-31-26(35)21-9-7-19(8-10-21)20-11-13-22(14-12-20)29-23(33)15-16-24(34)30-25(18(2)32)27(3,4)5/h7-14,25,28H,6,15-17H2,1-5H3,(H,29,33)(H,30,34)(H,31,35). The molecule has 0 spiro atoms. The number of carbonyl (C=O) groups excluding carboxylic acids is 4. The smallest absolute Gasteiger partial charge is 0.265 e. The van der Waals surface area contributed by atoms with Crippen molar-refractivity contribution in [1.82, 2.24) is 16.2 Å². The number of benzene rings is 2. The second-order valence-corrected chi connectivity index (χ2v) is 9.56. The minimum absolute atomic E-state index is 0.00231. The molecule has 0 aliphatic carbocycles. The van der Waals surface area contributed by atoms with Crippen molar-refractivity contribution in [1.29, 1.82) is 0 Å². The maximum Gasteiger partial charge on any atom is 0.265 e. The van der Waals surface area contributed by atoms with E-state index < -0.39 is 11.5 Å². The number of amides is 3. The van der Waals surface area contributed by atoms with E-state index in [0.717, 1.165) is 17.5 Å². The van der Waals surface area contributed by atoms with Crippen LogP contribution in [0.4, 0.5) is 5.69 Å². The summed E-state index contributed by atoms with van der Waals surface area (Å²) in [6, 6.07) is 14.0. The highest BCUT2D eigenvalue weighted by atomic mass is 16.2. The number of hydrogen-bond donors (Lipinski definition) is 4. The van der Waals surface area contributed by atoms with Gasteiger partial charge in [-0.15, -0.1) is 0 Å². The topological polar surface area (TPSA) is 116 Å². The normalized spacial score (nSPS) is 11.9. The molecule has 4 N–H and O–H groups in total. The number of anilines is 1. The van der Waals surface area contributed by atoms with Gasteiger partial charge in [0.2, 0.25) is 11.8 Å². The Balaban J connectivity index is 1.87. The van der Waals surface area contributed by atoms with Crippen LogP contribution in [-0.4, -0.2) is 36.1 Å². The Morgan fingerprint density at radius 1 is 0.829 bits per heavy atom. The van der Waals surface area contributed by atoms with E-state index in [0.29, 0.717) is 17.8 Å². The fourth-order valence-electron chi connectivity index (χ4n) is 3.51. The van der Waals surface area contributed by atoms with E-state index in [1.807, 2.05) is 52.0 Å². The first kappa shape index (κ1) is 27.7. The van der Waals surface area contributed by atoms with E-state index in [2.05, 4.69) is 21.5 Å². The van der Waals surface area contributed by atoms with Crippen LogP contribution in [0.15, 0.2) is 48.5 Å². The maximum atomic E-state index is 12.3. The van der Waals surface area contributed by atoms with Gasteiger partial charge in [0, 0.05) is 30.6 Å². The van der Waals surface area contributed by atoms with Gasteiger partial charge in [-0.3, -0.25) is 24.6 Å². The summed E-state index contributed by atoms with van der Waals surface area (Å²) in [7, 11) is 0. The highest BCUT2D eigenvalue weighted by Gasteiger charge is 2.29. The fourth-order valence-corrected chi connectivity index (χ4v) is 3.51. The molecular weight excluding hydrogens is 444 g/mol. The molecule has 8 heteroatoms. The molecule has 0 fully saturated rings. The summed E-state index contributed by atoms with van der Waals surface area (Å²) in [6.07, 6.45) is 0.931. The van der Waals surface area contributed by atoms with Gasteiger partial charge in [0.15, 0.2) is 5.78 Å². The van der Waals surface area contributed by atoms with Crippen LogP contribution in [0.5, 0.6) is 0 Å². The van der Waals surface area contributed by atoms with Crippen molar-refractivity contribution in [3.05, 3.63) is 54.1 Å². The van der Waals surface area contributed by atoms with Crippen molar-refractivity contribution >= 4 is 29.2 Å². The molecule has 2 aromatic carbocycles. The first-order valence-electron chi connectivity index (χ1n) is 11.8. The number of hydrazine groups is 1. The quantitative estimate of drug-likeness (QED) is 0.288. The van der Waals surface area contributed by atoms with Crippen LogP contribution < -0.4 is 21.5 Å². The van der Waals surface area contributed by atoms with Crippen LogP contribution in [0, 0.1) is 5.41 Å². The highest BCUT2D eigenvalue weighted by molar-refractivity contribution is 5.95.